The van der Waals surface area contributed by atoms with Crippen LogP contribution in [0, 0.1) is 67.7 Å². The summed E-state index contributed by atoms with van der Waals surface area (Å²) >= 11 is 2.43. The summed E-state index contributed by atoms with van der Waals surface area (Å²) in [6, 6.07) is 0. The second-order valence-electron chi connectivity index (χ2n) is 13.0. The van der Waals surface area contributed by atoms with Crippen LogP contribution < -0.4 is 0 Å². The van der Waals surface area contributed by atoms with Gasteiger partial charge in [0.2, 0.25) is 0 Å². The summed E-state index contributed by atoms with van der Waals surface area (Å²) in [6.45, 7) is 0. The molecule has 0 aliphatic heterocycles. The Bertz CT molecular complexity index is 716. The smallest absolute Gasteiger partial charge is 0.160 e. The zero-order valence-electron chi connectivity index (χ0n) is 19.1. The van der Waals surface area contributed by atoms with E-state index in [9.17, 15) is 15.3 Å². The van der Waals surface area contributed by atoms with E-state index in [4.69, 9.17) is 0 Å². The van der Waals surface area contributed by atoms with Gasteiger partial charge >= 0.3 is 0 Å². The molecule has 8 fully saturated rings. The summed E-state index contributed by atoms with van der Waals surface area (Å²) in [5.41, 5.74) is 0.586. The molecule has 0 aromatic carbocycles. The molecular formula is C27H36N2OS2. The Balaban J connectivity index is 1.20. The number of carbonyl (C=O) groups is 1. The molecule has 0 heterocycles. The highest BCUT2D eigenvalue weighted by Gasteiger charge is 2.54. The quantitative estimate of drug-likeness (QED) is 0.361. The topological polar surface area (TPSA) is 64.7 Å². The van der Waals surface area contributed by atoms with Crippen molar-refractivity contribution in [3.63, 3.8) is 0 Å². The van der Waals surface area contributed by atoms with E-state index in [1.807, 2.05) is 0 Å². The summed E-state index contributed by atoms with van der Waals surface area (Å²) in [4.78, 5) is 13.9. The lowest BCUT2D eigenvalue weighted by Crippen LogP contribution is -2.49. The van der Waals surface area contributed by atoms with Crippen LogP contribution >= 0.6 is 23.5 Å². The Morgan fingerprint density at radius 1 is 0.656 bits per heavy atom. The molecule has 0 aromatic heterocycles. The number of nitriles is 2. The van der Waals surface area contributed by atoms with E-state index in [1.54, 1.807) is 0 Å². The first-order valence-corrected chi connectivity index (χ1v) is 14.9. The molecule has 0 spiro atoms. The SMILES string of the molecule is N#CSC(CC12CC3CC(CC(C3)C1)C2)C(=O)C(CC12CC3CC(CC(C3)C1)C2)SC#N. The van der Waals surface area contributed by atoms with Crippen molar-refractivity contribution in [1.82, 2.24) is 0 Å². The van der Waals surface area contributed by atoms with Gasteiger partial charge in [0.15, 0.2) is 5.78 Å². The van der Waals surface area contributed by atoms with Gasteiger partial charge in [-0.05, 0) is 160 Å². The lowest BCUT2D eigenvalue weighted by Gasteiger charge is -2.58. The van der Waals surface area contributed by atoms with Gasteiger partial charge in [0, 0.05) is 0 Å². The second-order valence-corrected chi connectivity index (χ2v) is 15.0. The van der Waals surface area contributed by atoms with Crippen molar-refractivity contribution in [2.75, 3.05) is 0 Å². The normalized spacial score (nSPS) is 47.1. The van der Waals surface area contributed by atoms with Crippen molar-refractivity contribution >= 4 is 29.3 Å². The molecule has 8 saturated carbocycles. The Hall–Kier alpha value is -0.650. The van der Waals surface area contributed by atoms with Crippen LogP contribution in [-0.4, -0.2) is 16.3 Å². The third-order valence-electron chi connectivity index (χ3n) is 10.6. The maximum Gasteiger partial charge on any atom is 0.160 e. The van der Waals surface area contributed by atoms with Gasteiger partial charge in [0.05, 0.1) is 10.5 Å². The fourth-order valence-corrected chi connectivity index (χ4v) is 12.4. The standard InChI is InChI=1S/C27H36N2OS2/c28-15-31-23(13-26-7-17-1-18(8-26)3-19(2-17)9-26)25(30)24(32-16-29)14-27-10-20-4-21(11-27)6-22(5-20)12-27/h17-24H,1-14H2. The molecule has 8 bridgehead atoms. The number of thioether (sulfide) groups is 2. The molecule has 5 heteroatoms. The van der Waals surface area contributed by atoms with Crippen molar-refractivity contribution in [2.45, 2.75) is 100 Å². The highest BCUT2D eigenvalue weighted by atomic mass is 32.2. The molecule has 8 rings (SSSR count). The minimum Gasteiger partial charge on any atom is -0.297 e. The molecule has 172 valence electrons. The first-order chi connectivity index (χ1) is 15.5. The first-order valence-electron chi connectivity index (χ1n) is 13.1. The molecular weight excluding hydrogens is 432 g/mol. The van der Waals surface area contributed by atoms with Gasteiger partial charge in [-0.2, -0.15) is 10.5 Å². The summed E-state index contributed by atoms with van der Waals surface area (Å²) in [5.74, 6) is 5.39. The van der Waals surface area contributed by atoms with Gasteiger partial charge in [-0.15, -0.1) is 0 Å². The molecule has 2 unspecified atom stereocenters. The van der Waals surface area contributed by atoms with Crippen LogP contribution in [0.15, 0.2) is 0 Å². The third kappa shape index (κ3) is 3.94. The largest absolute Gasteiger partial charge is 0.297 e. The molecule has 0 amide bonds. The van der Waals surface area contributed by atoms with Gasteiger partial charge in [-0.1, -0.05) is 0 Å². The van der Waals surface area contributed by atoms with Gasteiger partial charge in [-0.3, -0.25) is 4.79 Å². The number of carbonyl (C=O) groups excluding carboxylic acids is 1. The Kier molecular flexibility index (Phi) is 5.62. The zero-order chi connectivity index (χ0) is 21.9. The van der Waals surface area contributed by atoms with Gasteiger partial charge < -0.3 is 0 Å². The minimum absolute atomic E-state index is 0.217. The first kappa shape index (κ1) is 21.9. The van der Waals surface area contributed by atoms with E-state index >= 15 is 0 Å². The van der Waals surface area contributed by atoms with Crippen molar-refractivity contribution in [3.05, 3.63) is 0 Å². The lowest BCUT2D eigenvalue weighted by atomic mass is 9.48. The second kappa shape index (κ2) is 8.23. The van der Waals surface area contributed by atoms with E-state index in [-0.39, 0.29) is 16.3 Å². The summed E-state index contributed by atoms with van der Waals surface area (Å²) < 4.78 is 0. The van der Waals surface area contributed by atoms with E-state index in [0.717, 1.165) is 48.3 Å². The van der Waals surface area contributed by atoms with E-state index < -0.39 is 0 Å². The van der Waals surface area contributed by atoms with Crippen LogP contribution in [0.1, 0.15) is 89.9 Å². The van der Waals surface area contributed by atoms with Crippen LogP contribution in [0.2, 0.25) is 0 Å². The van der Waals surface area contributed by atoms with Crippen LogP contribution in [0.4, 0.5) is 0 Å². The molecule has 8 aliphatic carbocycles. The Labute approximate surface area is 201 Å². The molecule has 32 heavy (non-hydrogen) atoms. The lowest BCUT2D eigenvalue weighted by molar-refractivity contribution is -0.122. The predicted octanol–water partition coefficient (Wildman–Crippen LogP) is 6.93. The van der Waals surface area contributed by atoms with E-state index in [0.29, 0.717) is 10.8 Å². The monoisotopic (exact) mass is 468 g/mol. The number of Topliss-reactive ketones (excluding diaryl/α,β-unsaturated/α-hetero) is 1. The van der Waals surface area contributed by atoms with Crippen LogP contribution in [0.5, 0.6) is 0 Å². The van der Waals surface area contributed by atoms with Crippen LogP contribution in [0.3, 0.4) is 0 Å². The number of rotatable bonds is 8. The van der Waals surface area contributed by atoms with Gasteiger partial charge in [0.25, 0.3) is 0 Å². The third-order valence-corrected chi connectivity index (χ3v) is 12.2. The Morgan fingerprint density at radius 3 is 1.19 bits per heavy atom. The van der Waals surface area contributed by atoms with E-state index in [1.165, 1.54) is 101 Å². The minimum atomic E-state index is -0.240. The molecule has 0 aromatic rings. The van der Waals surface area contributed by atoms with E-state index in [2.05, 4.69) is 10.8 Å². The van der Waals surface area contributed by atoms with Crippen molar-refractivity contribution < 1.29 is 4.79 Å². The maximum atomic E-state index is 13.9. The fourth-order valence-electron chi connectivity index (χ4n) is 10.6. The average Bonchev–Trinajstić information content (AvgIpc) is 2.70. The number of nitrogens with zero attached hydrogens (tertiary/aromatic N) is 2. The van der Waals surface area contributed by atoms with Gasteiger partial charge in [0.1, 0.15) is 10.8 Å². The molecule has 8 aliphatic rings. The van der Waals surface area contributed by atoms with Crippen molar-refractivity contribution in [1.29, 1.82) is 10.5 Å². The van der Waals surface area contributed by atoms with Gasteiger partial charge in [-0.25, -0.2) is 0 Å². The fraction of sp³-hybridized carbons (Fsp3) is 0.889. The highest BCUT2D eigenvalue weighted by Crippen LogP contribution is 2.64. The molecule has 0 N–H and O–H groups in total. The van der Waals surface area contributed by atoms with Crippen molar-refractivity contribution in [3.8, 4) is 10.8 Å². The summed E-state index contributed by atoms with van der Waals surface area (Å²) in [5, 5.41) is 23.3. The number of thiocyanates is 2. The van der Waals surface area contributed by atoms with Crippen LogP contribution in [0.25, 0.3) is 0 Å². The summed E-state index contributed by atoms with van der Waals surface area (Å²) in [6.07, 6.45) is 17.9. The zero-order valence-corrected chi connectivity index (χ0v) is 20.8. The molecule has 2 atom stereocenters. The summed E-state index contributed by atoms with van der Waals surface area (Å²) in [7, 11) is 0. The predicted molar refractivity (Wildman–Crippen MR) is 129 cm³/mol. The molecule has 3 nitrogen and oxygen atoms in total. The van der Waals surface area contributed by atoms with Crippen molar-refractivity contribution in [2.24, 2.45) is 46.3 Å². The number of hydrogen-bond donors (Lipinski definition) is 0. The maximum absolute atomic E-state index is 13.9. The highest BCUT2D eigenvalue weighted by molar-refractivity contribution is 8.06. The molecule has 0 radical (unpaired) electrons. The number of ketones is 1. The molecule has 0 saturated heterocycles. The Morgan fingerprint density at radius 2 is 0.938 bits per heavy atom. The number of hydrogen-bond acceptors (Lipinski definition) is 5. The average molecular weight is 469 g/mol. The van der Waals surface area contributed by atoms with Crippen LogP contribution in [-0.2, 0) is 4.79 Å².